The first kappa shape index (κ1) is 16.1. The summed E-state index contributed by atoms with van der Waals surface area (Å²) in [5.41, 5.74) is 1.19. The Morgan fingerprint density at radius 2 is 2.17 bits per heavy atom. The summed E-state index contributed by atoms with van der Waals surface area (Å²) in [6.45, 7) is 4.39. The van der Waals surface area contributed by atoms with E-state index in [1.165, 1.54) is 5.56 Å². The molecule has 0 radical (unpaired) electrons. The van der Waals surface area contributed by atoms with E-state index in [2.05, 4.69) is 31.9 Å². The number of aromatic nitrogens is 3. The highest BCUT2D eigenvalue weighted by atomic mass is 16.7. The SMILES string of the molecule is CCNC(=NCc1nncn1C)NCCc1ccc2c(c1)OCO2. The highest BCUT2D eigenvalue weighted by Crippen LogP contribution is 2.32. The van der Waals surface area contributed by atoms with Gasteiger partial charge in [-0.15, -0.1) is 10.2 Å². The van der Waals surface area contributed by atoms with Crippen LogP contribution in [-0.4, -0.2) is 40.6 Å². The summed E-state index contributed by atoms with van der Waals surface area (Å²) in [7, 11) is 1.91. The summed E-state index contributed by atoms with van der Waals surface area (Å²) in [5.74, 6) is 3.21. The second kappa shape index (κ2) is 7.67. The summed E-state index contributed by atoms with van der Waals surface area (Å²) >= 11 is 0. The van der Waals surface area contributed by atoms with Crippen molar-refractivity contribution in [1.29, 1.82) is 0 Å². The Labute approximate surface area is 140 Å². The molecule has 0 fully saturated rings. The van der Waals surface area contributed by atoms with E-state index in [0.29, 0.717) is 13.3 Å². The Morgan fingerprint density at radius 3 is 2.96 bits per heavy atom. The van der Waals surface area contributed by atoms with Crippen LogP contribution in [0.3, 0.4) is 0 Å². The van der Waals surface area contributed by atoms with E-state index in [1.54, 1.807) is 6.33 Å². The molecule has 0 spiro atoms. The van der Waals surface area contributed by atoms with Gasteiger partial charge in [0.25, 0.3) is 0 Å². The second-order valence-electron chi connectivity index (χ2n) is 5.42. The van der Waals surface area contributed by atoms with E-state index in [4.69, 9.17) is 9.47 Å². The first-order valence-corrected chi connectivity index (χ1v) is 8.00. The molecule has 0 saturated heterocycles. The minimum atomic E-state index is 0.302. The van der Waals surface area contributed by atoms with Gasteiger partial charge in [0.1, 0.15) is 12.9 Å². The Kier molecular flexibility index (Phi) is 5.15. The van der Waals surface area contributed by atoms with Gasteiger partial charge in [-0.3, -0.25) is 0 Å². The minimum absolute atomic E-state index is 0.302. The van der Waals surface area contributed by atoms with Gasteiger partial charge in [0.05, 0.1) is 0 Å². The Balaban J connectivity index is 1.53. The minimum Gasteiger partial charge on any atom is -0.454 e. The molecule has 0 atom stereocenters. The molecule has 8 heteroatoms. The van der Waals surface area contributed by atoms with Crippen LogP contribution in [0.1, 0.15) is 18.3 Å². The number of hydrogen-bond acceptors (Lipinski definition) is 5. The van der Waals surface area contributed by atoms with Gasteiger partial charge < -0.3 is 24.7 Å². The summed E-state index contributed by atoms with van der Waals surface area (Å²) < 4.78 is 12.6. The monoisotopic (exact) mass is 330 g/mol. The van der Waals surface area contributed by atoms with Crippen molar-refractivity contribution in [2.75, 3.05) is 19.9 Å². The predicted octanol–water partition coefficient (Wildman–Crippen LogP) is 0.842. The lowest BCUT2D eigenvalue weighted by atomic mass is 10.1. The topological polar surface area (TPSA) is 85.6 Å². The van der Waals surface area contributed by atoms with Crippen molar-refractivity contribution < 1.29 is 9.47 Å². The van der Waals surface area contributed by atoms with Crippen LogP contribution in [0.4, 0.5) is 0 Å². The number of aryl methyl sites for hydroxylation is 1. The molecule has 3 rings (SSSR count). The van der Waals surface area contributed by atoms with Crippen LogP contribution in [-0.2, 0) is 20.0 Å². The molecule has 2 N–H and O–H groups in total. The van der Waals surface area contributed by atoms with E-state index in [0.717, 1.165) is 42.8 Å². The molecule has 1 aromatic carbocycles. The van der Waals surface area contributed by atoms with Gasteiger partial charge in [-0.05, 0) is 31.0 Å². The number of nitrogens with zero attached hydrogens (tertiary/aromatic N) is 4. The van der Waals surface area contributed by atoms with Gasteiger partial charge in [0.2, 0.25) is 6.79 Å². The Hall–Kier alpha value is -2.77. The van der Waals surface area contributed by atoms with Gasteiger partial charge in [-0.25, -0.2) is 4.99 Å². The van der Waals surface area contributed by atoms with Crippen molar-refractivity contribution in [3.63, 3.8) is 0 Å². The zero-order chi connectivity index (χ0) is 16.8. The third-order valence-electron chi connectivity index (χ3n) is 3.67. The largest absolute Gasteiger partial charge is 0.454 e. The lowest BCUT2D eigenvalue weighted by Crippen LogP contribution is -2.38. The fourth-order valence-electron chi connectivity index (χ4n) is 2.36. The smallest absolute Gasteiger partial charge is 0.231 e. The van der Waals surface area contributed by atoms with E-state index in [9.17, 15) is 0 Å². The van der Waals surface area contributed by atoms with Crippen molar-refractivity contribution in [3.05, 3.63) is 35.9 Å². The lowest BCUT2D eigenvalue weighted by molar-refractivity contribution is 0.174. The van der Waals surface area contributed by atoms with Gasteiger partial charge in [0.15, 0.2) is 23.3 Å². The van der Waals surface area contributed by atoms with Crippen LogP contribution < -0.4 is 20.1 Å². The molecule has 1 aliphatic heterocycles. The quantitative estimate of drug-likeness (QED) is 0.603. The molecule has 1 aliphatic rings. The van der Waals surface area contributed by atoms with Crippen LogP contribution >= 0.6 is 0 Å². The number of fused-ring (bicyclic) bond motifs is 1. The molecular weight excluding hydrogens is 308 g/mol. The number of nitrogens with one attached hydrogen (secondary N) is 2. The van der Waals surface area contributed by atoms with Crippen LogP contribution in [0.25, 0.3) is 0 Å². The molecule has 1 aromatic heterocycles. The molecule has 0 amide bonds. The third kappa shape index (κ3) is 3.95. The average Bonchev–Trinajstić information content (AvgIpc) is 3.21. The van der Waals surface area contributed by atoms with Gasteiger partial charge in [-0.1, -0.05) is 6.07 Å². The average molecular weight is 330 g/mol. The van der Waals surface area contributed by atoms with Crippen LogP contribution in [0.15, 0.2) is 29.5 Å². The highest BCUT2D eigenvalue weighted by molar-refractivity contribution is 5.79. The zero-order valence-corrected chi connectivity index (χ0v) is 14.0. The molecule has 0 aliphatic carbocycles. The number of benzene rings is 1. The Bertz CT molecular complexity index is 712. The molecule has 128 valence electrons. The van der Waals surface area contributed by atoms with Crippen molar-refractivity contribution in [2.24, 2.45) is 12.0 Å². The fraction of sp³-hybridized carbons (Fsp3) is 0.438. The Morgan fingerprint density at radius 1 is 1.29 bits per heavy atom. The van der Waals surface area contributed by atoms with Crippen molar-refractivity contribution in [1.82, 2.24) is 25.4 Å². The van der Waals surface area contributed by atoms with E-state index < -0.39 is 0 Å². The molecule has 0 unspecified atom stereocenters. The summed E-state index contributed by atoms with van der Waals surface area (Å²) in [6, 6.07) is 6.03. The summed E-state index contributed by atoms with van der Waals surface area (Å²) in [4.78, 5) is 4.53. The number of guanidine groups is 1. The summed E-state index contributed by atoms with van der Waals surface area (Å²) in [5, 5.41) is 14.4. The third-order valence-corrected chi connectivity index (χ3v) is 3.67. The van der Waals surface area contributed by atoms with Crippen molar-refractivity contribution in [3.8, 4) is 11.5 Å². The molecule has 8 nitrogen and oxygen atoms in total. The van der Waals surface area contributed by atoms with Crippen LogP contribution in [0.2, 0.25) is 0 Å². The maximum Gasteiger partial charge on any atom is 0.231 e. The maximum atomic E-state index is 5.40. The number of ether oxygens (including phenoxy) is 2. The maximum absolute atomic E-state index is 5.40. The molecule has 24 heavy (non-hydrogen) atoms. The van der Waals surface area contributed by atoms with Gasteiger partial charge in [-0.2, -0.15) is 0 Å². The first-order valence-electron chi connectivity index (χ1n) is 8.00. The molecule has 2 aromatic rings. The first-order chi connectivity index (χ1) is 11.8. The second-order valence-corrected chi connectivity index (χ2v) is 5.42. The molecule has 0 saturated carbocycles. The predicted molar refractivity (Wildman–Crippen MR) is 90.1 cm³/mol. The van der Waals surface area contributed by atoms with E-state index in [1.807, 2.05) is 30.7 Å². The van der Waals surface area contributed by atoms with Gasteiger partial charge >= 0.3 is 0 Å². The highest BCUT2D eigenvalue weighted by Gasteiger charge is 2.12. The number of aliphatic imine (C=N–C) groups is 1. The molecular formula is C16H22N6O2. The standard InChI is InChI=1S/C16H22N6O2/c1-3-17-16(19-9-15-21-20-10-22(15)2)18-7-6-12-4-5-13-14(8-12)24-11-23-13/h4-5,8,10H,3,6-7,9,11H2,1-2H3,(H2,17,18,19). The van der Waals surface area contributed by atoms with E-state index >= 15 is 0 Å². The van der Waals surface area contributed by atoms with Crippen LogP contribution in [0.5, 0.6) is 11.5 Å². The molecule has 2 heterocycles. The normalized spacial score (nSPS) is 13.2. The van der Waals surface area contributed by atoms with Crippen molar-refractivity contribution in [2.45, 2.75) is 19.9 Å². The van der Waals surface area contributed by atoms with E-state index in [-0.39, 0.29) is 0 Å². The zero-order valence-electron chi connectivity index (χ0n) is 14.0. The number of rotatable bonds is 6. The number of hydrogen-bond donors (Lipinski definition) is 2. The van der Waals surface area contributed by atoms with Crippen molar-refractivity contribution >= 4 is 5.96 Å². The molecule has 0 bridgehead atoms. The van der Waals surface area contributed by atoms with Gasteiger partial charge in [0, 0.05) is 20.1 Å². The fourth-order valence-corrected chi connectivity index (χ4v) is 2.36. The van der Waals surface area contributed by atoms with Crippen LogP contribution in [0, 0.1) is 0 Å². The lowest BCUT2D eigenvalue weighted by Gasteiger charge is -2.11. The summed E-state index contributed by atoms with van der Waals surface area (Å²) in [6.07, 6.45) is 2.54.